The van der Waals surface area contributed by atoms with Gasteiger partial charge in [-0.2, -0.15) is 0 Å². The number of ether oxygens (including phenoxy) is 2. The maximum Gasteiger partial charge on any atom is 0.249 e. The SMILES string of the molecule is CC1CN(CCNC(=O)C2CCCO2)CC(C)O1. The van der Waals surface area contributed by atoms with E-state index < -0.39 is 0 Å². The third-order valence-corrected chi connectivity index (χ3v) is 3.44. The van der Waals surface area contributed by atoms with Gasteiger partial charge in [-0.15, -0.1) is 0 Å². The molecule has 2 saturated heterocycles. The van der Waals surface area contributed by atoms with Crippen LogP contribution in [0.2, 0.25) is 0 Å². The van der Waals surface area contributed by atoms with E-state index in [4.69, 9.17) is 9.47 Å². The Morgan fingerprint density at radius 3 is 2.67 bits per heavy atom. The third kappa shape index (κ3) is 3.93. The van der Waals surface area contributed by atoms with Gasteiger partial charge in [0.2, 0.25) is 5.91 Å². The van der Waals surface area contributed by atoms with E-state index in [1.54, 1.807) is 0 Å². The Kier molecular flexibility index (Phi) is 4.97. The molecule has 0 aliphatic carbocycles. The third-order valence-electron chi connectivity index (χ3n) is 3.44. The highest BCUT2D eigenvalue weighted by Gasteiger charge is 2.24. The zero-order chi connectivity index (χ0) is 13.0. The second-order valence-electron chi connectivity index (χ2n) is 5.31. The van der Waals surface area contributed by atoms with Crippen LogP contribution in [0, 0.1) is 0 Å². The van der Waals surface area contributed by atoms with Crippen molar-refractivity contribution in [1.82, 2.24) is 10.2 Å². The molecule has 3 atom stereocenters. The molecule has 0 bridgehead atoms. The molecule has 5 nitrogen and oxygen atoms in total. The number of carbonyl (C=O) groups is 1. The van der Waals surface area contributed by atoms with Gasteiger partial charge < -0.3 is 14.8 Å². The minimum Gasteiger partial charge on any atom is -0.373 e. The summed E-state index contributed by atoms with van der Waals surface area (Å²) in [7, 11) is 0. The number of carbonyl (C=O) groups excluding carboxylic acids is 1. The summed E-state index contributed by atoms with van der Waals surface area (Å²) in [4.78, 5) is 14.1. The molecule has 0 spiro atoms. The quantitative estimate of drug-likeness (QED) is 0.790. The normalized spacial score (nSPS) is 33.6. The van der Waals surface area contributed by atoms with E-state index in [1.165, 1.54) is 0 Å². The van der Waals surface area contributed by atoms with Gasteiger partial charge in [-0.05, 0) is 26.7 Å². The average molecular weight is 256 g/mol. The van der Waals surface area contributed by atoms with Crippen molar-refractivity contribution in [2.75, 3.05) is 32.8 Å². The van der Waals surface area contributed by atoms with Crippen molar-refractivity contribution in [2.45, 2.75) is 45.0 Å². The summed E-state index contributed by atoms with van der Waals surface area (Å²) in [5.41, 5.74) is 0. The van der Waals surface area contributed by atoms with Crippen LogP contribution in [0.3, 0.4) is 0 Å². The van der Waals surface area contributed by atoms with Gasteiger partial charge in [0.25, 0.3) is 0 Å². The minimum absolute atomic E-state index is 0.0434. The van der Waals surface area contributed by atoms with Crippen LogP contribution in [0.4, 0.5) is 0 Å². The van der Waals surface area contributed by atoms with Gasteiger partial charge in [0, 0.05) is 32.8 Å². The first kappa shape index (κ1) is 13.8. The zero-order valence-electron chi connectivity index (χ0n) is 11.4. The summed E-state index contributed by atoms with van der Waals surface area (Å²) in [5, 5.41) is 2.96. The molecule has 0 aromatic rings. The van der Waals surface area contributed by atoms with Crippen LogP contribution in [0.1, 0.15) is 26.7 Å². The van der Waals surface area contributed by atoms with Crippen LogP contribution in [0.5, 0.6) is 0 Å². The Bertz CT molecular complexity index is 269. The molecule has 0 saturated carbocycles. The summed E-state index contributed by atoms with van der Waals surface area (Å²) in [6.45, 7) is 8.37. The number of morpholine rings is 1. The summed E-state index contributed by atoms with van der Waals surface area (Å²) in [6.07, 6.45) is 2.20. The lowest BCUT2D eigenvalue weighted by molar-refractivity contribution is -0.130. The van der Waals surface area contributed by atoms with Crippen LogP contribution in [0.15, 0.2) is 0 Å². The monoisotopic (exact) mass is 256 g/mol. The molecule has 0 radical (unpaired) electrons. The lowest BCUT2D eigenvalue weighted by Crippen LogP contribution is -2.48. The van der Waals surface area contributed by atoms with Crippen LogP contribution in [-0.4, -0.2) is 61.9 Å². The average Bonchev–Trinajstić information content (AvgIpc) is 2.80. The molecule has 104 valence electrons. The van der Waals surface area contributed by atoms with E-state index >= 15 is 0 Å². The van der Waals surface area contributed by atoms with E-state index in [0.29, 0.717) is 6.54 Å². The van der Waals surface area contributed by atoms with Crippen LogP contribution < -0.4 is 5.32 Å². The number of nitrogens with one attached hydrogen (secondary N) is 1. The standard InChI is InChI=1S/C13H24N2O3/c1-10-8-15(9-11(2)18-10)6-5-14-13(16)12-4-3-7-17-12/h10-12H,3-9H2,1-2H3,(H,14,16). The molecule has 2 aliphatic rings. The highest BCUT2D eigenvalue weighted by atomic mass is 16.5. The van der Waals surface area contributed by atoms with Crippen molar-refractivity contribution >= 4 is 5.91 Å². The molecular formula is C13H24N2O3. The Morgan fingerprint density at radius 1 is 1.33 bits per heavy atom. The topological polar surface area (TPSA) is 50.8 Å². The van der Waals surface area contributed by atoms with E-state index in [-0.39, 0.29) is 24.2 Å². The highest BCUT2D eigenvalue weighted by Crippen LogP contribution is 2.12. The van der Waals surface area contributed by atoms with Crippen LogP contribution in [0.25, 0.3) is 0 Å². The lowest BCUT2D eigenvalue weighted by Gasteiger charge is -2.35. The molecule has 0 aromatic heterocycles. The Hall–Kier alpha value is -0.650. The van der Waals surface area contributed by atoms with E-state index in [9.17, 15) is 4.79 Å². The number of rotatable bonds is 4. The first-order valence-corrected chi connectivity index (χ1v) is 6.92. The maximum absolute atomic E-state index is 11.7. The zero-order valence-corrected chi connectivity index (χ0v) is 11.4. The molecule has 2 aliphatic heterocycles. The maximum atomic E-state index is 11.7. The van der Waals surface area contributed by atoms with Crippen LogP contribution in [-0.2, 0) is 14.3 Å². The fraction of sp³-hybridized carbons (Fsp3) is 0.923. The predicted octanol–water partition coefficient (Wildman–Crippen LogP) is 0.391. The molecule has 18 heavy (non-hydrogen) atoms. The second-order valence-corrected chi connectivity index (χ2v) is 5.31. The van der Waals surface area contributed by atoms with Crippen molar-refractivity contribution in [2.24, 2.45) is 0 Å². The largest absolute Gasteiger partial charge is 0.373 e. The molecule has 2 fully saturated rings. The predicted molar refractivity (Wildman–Crippen MR) is 68.4 cm³/mol. The first-order chi connectivity index (χ1) is 8.65. The first-order valence-electron chi connectivity index (χ1n) is 6.92. The fourth-order valence-corrected chi connectivity index (χ4v) is 2.70. The molecule has 1 N–H and O–H groups in total. The molecule has 5 heteroatoms. The van der Waals surface area contributed by atoms with Gasteiger partial charge in [0.15, 0.2) is 0 Å². The van der Waals surface area contributed by atoms with Crippen LogP contribution >= 0.6 is 0 Å². The summed E-state index contributed by atoms with van der Waals surface area (Å²) < 4.78 is 11.0. The van der Waals surface area contributed by atoms with E-state index in [1.807, 2.05) is 0 Å². The lowest BCUT2D eigenvalue weighted by atomic mass is 10.2. The summed E-state index contributed by atoms with van der Waals surface area (Å²) in [6, 6.07) is 0. The Labute approximate surface area is 109 Å². The van der Waals surface area contributed by atoms with Crippen molar-refractivity contribution < 1.29 is 14.3 Å². The highest BCUT2D eigenvalue weighted by molar-refractivity contribution is 5.80. The van der Waals surface area contributed by atoms with Gasteiger partial charge in [0.1, 0.15) is 6.10 Å². The molecule has 0 aromatic carbocycles. The smallest absolute Gasteiger partial charge is 0.249 e. The summed E-state index contributed by atoms with van der Waals surface area (Å²) >= 11 is 0. The molecule has 1 amide bonds. The van der Waals surface area contributed by atoms with Crippen molar-refractivity contribution in [1.29, 1.82) is 0 Å². The number of amides is 1. The van der Waals surface area contributed by atoms with Gasteiger partial charge in [-0.25, -0.2) is 0 Å². The van der Waals surface area contributed by atoms with Crippen molar-refractivity contribution in [3.63, 3.8) is 0 Å². The van der Waals surface area contributed by atoms with E-state index in [2.05, 4.69) is 24.1 Å². The van der Waals surface area contributed by atoms with Crippen molar-refractivity contribution in [3.8, 4) is 0 Å². The second kappa shape index (κ2) is 6.50. The number of nitrogens with zero attached hydrogens (tertiary/aromatic N) is 1. The molecule has 3 unspecified atom stereocenters. The van der Waals surface area contributed by atoms with Crippen molar-refractivity contribution in [3.05, 3.63) is 0 Å². The fourth-order valence-electron chi connectivity index (χ4n) is 2.70. The molecular weight excluding hydrogens is 232 g/mol. The Balaban J connectivity index is 1.63. The number of hydrogen-bond acceptors (Lipinski definition) is 4. The molecule has 2 rings (SSSR count). The Morgan fingerprint density at radius 2 is 2.06 bits per heavy atom. The van der Waals surface area contributed by atoms with E-state index in [0.717, 1.165) is 39.1 Å². The minimum atomic E-state index is -0.215. The number of hydrogen-bond donors (Lipinski definition) is 1. The van der Waals surface area contributed by atoms with Gasteiger partial charge in [-0.1, -0.05) is 0 Å². The van der Waals surface area contributed by atoms with Gasteiger partial charge in [-0.3, -0.25) is 9.69 Å². The summed E-state index contributed by atoms with van der Waals surface area (Å²) in [5.74, 6) is 0.0434. The van der Waals surface area contributed by atoms with Gasteiger partial charge >= 0.3 is 0 Å². The molecule has 2 heterocycles. The van der Waals surface area contributed by atoms with Gasteiger partial charge in [0.05, 0.1) is 12.2 Å².